The Kier molecular flexibility index (Phi) is 6.00. The van der Waals surface area contributed by atoms with Gasteiger partial charge in [0.15, 0.2) is 5.82 Å². The quantitative estimate of drug-likeness (QED) is 0.731. The van der Waals surface area contributed by atoms with E-state index in [-0.39, 0.29) is 0 Å². The minimum Gasteiger partial charge on any atom is -0.467 e. The molecule has 1 heterocycles. The fraction of sp³-hybridized carbons (Fsp3) is 0.636. The number of halogens is 1. The Morgan fingerprint density at radius 3 is 3.00 bits per heavy atom. The number of hydrogen-bond donors (Lipinski definition) is 2. The summed E-state index contributed by atoms with van der Waals surface area (Å²) in [4.78, 5) is 8.03. The van der Waals surface area contributed by atoms with Gasteiger partial charge in [0.25, 0.3) is 0 Å². The number of nitrogens with zero attached hydrogens (tertiary/aromatic N) is 2. The minimum absolute atomic E-state index is 0.312. The van der Waals surface area contributed by atoms with Gasteiger partial charge >= 0.3 is 6.01 Å². The molecule has 1 rings (SSSR count). The topological polar surface area (TPSA) is 73.1 Å². The van der Waals surface area contributed by atoms with E-state index in [1.54, 1.807) is 0 Å². The molecule has 6 heteroatoms. The summed E-state index contributed by atoms with van der Waals surface area (Å²) in [5.41, 5.74) is 5.55. The molecule has 0 saturated carbocycles. The lowest BCUT2D eigenvalue weighted by Gasteiger charge is -2.10. The van der Waals surface area contributed by atoms with Crippen LogP contribution in [0.5, 0.6) is 6.01 Å². The molecule has 0 aliphatic heterocycles. The predicted octanol–water partition coefficient (Wildman–Crippen LogP) is 1.93. The van der Waals surface area contributed by atoms with Gasteiger partial charge in [-0.15, -0.1) is 0 Å². The maximum atomic E-state index is 5.96. The fourth-order valence-electron chi connectivity index (χ4n) is 1.35. The maximum absolute atomic E-state index is 5.96. The molecule has 5 nitrogen and oxygen atoms in total. The second kappa shape index (κ2) is 7.29. The third-order valence-electron chi connectivity index (χ3n) is 2.47. The molecule has 0 amide bonds. The Balaban J connectivity index is 2.40. The molecule has 0 aliphatic carbocycles. The Hall–Kier alpha value is -1.07. The van der Waals surface area contributed by atoms with Crippen molar-refractivity contribution in [2.45, 2.75) is 19.8 Å². The van der Waals surface area contributed by atoms with Gasteiger partial charge in [-0.25, -0.2) is 4.98 Å². The van der Waals surface area contributed by atoms with E-state index >= 15 is 0 Å². The van der Waals surface area contributed by atoms with E-state index < -0.39 is 0 Å². The van der Waals surface area contributed by atoms with Crippen molar-refractivity contribution in [1.82, 2.24) is 9.97 Å². The molecular weight excluding hydrogens is 240 g/mol. The molecule has 1 aromatic heterocycles. The van der Waals surface area contributed by atoms with Gasteiger partial charge in [0.2, 0.25) is 0 Å². The Labute approximate surface area is 107 Å². The van der Waals surface area contributed by atoms with Crippen LogP contribution >= 0.6 is 11.6 Å². The first-order valence-electron chi connectivity index (χ1n) is 5.67. The van der Waals surface area contributed by atoms with Crippen molar-refractivity contribution >= 4 is 17.4 Å². The molecule has 3 N–H and O–H groups in total. The second-order valence-corrected chi connectivity index (χ2v) is 4.37. The largest absolute Gasteiger partial charge is 0.467 e. The van der Waals surface area contributed by atoms with Crippen LogP contribution in [-0.2, 0) is 0 Å². The third kappa shape index (κ3) is 4.75. The monoisotopic (exact) mass is 258 g/mol. The van der Waals surface area contributed by atoms with Crippen LogP contribution < -0.4 is 15.8 Å². The zero-order chi connectivity index (χ0) is 12.7. The van der Waals surface area contributed by atoms with Crippen LogP contribution in [0.4, 0.5) is 5.82 Å². The molecule has 0 saturated heterocycles. The average Bonchev–Trinajstić information content (AvgIpc) is 2.36. The van der Waals surface area contributed by atoms with E-state index in [9.17, 15) is 0 Å². The fourth-order valence-corrected chi connectivity index (χ4v) is 1.51. The molecule has 0 bridgehead atoms. The van der Waals surface area contributed by atoms with Gasteiger partial charge in [-0.2, -0.15) is 4.98 Å². The highest BCUT2D eigenvalue weighted by atomic mass is 35.5. The molecule has 1 unspecified atom stereocenters. The lowest BCUT2D eigenvalue weighted by molar-refractivity contribution is 0.380. The first kappa shape index (κ1) is 14.0. The number of hydrogen-bond acceptors (Lipinski definition) is 5. The van der Waals surface area contributed by atoms with Gasteiger partial charge in [0.05, 0.1) is 13.3 Å². The molecule has 0 radical (unpaired) electrons. The molecule has 0 spiro atoms. The standard InChI is InChI=1S/C11H19ClN4O/c1-8(6-13)4-3-5-14-10-9(12)7-15-11(16-10)17-2/h7-8H,3-6,13H2,1-2H3,(H,14,15,16). The van der Waals surface area contributed by atoms with E-state index in [2.05, 4.69) is 22.2 Å². The van der Waals surface area contributed by atoms with E-state index in [0.717, 1.165) is 25.9 Å². The highest BCUT2D eigenvalue weighted by Crippen LogP contribution is 2.20. The molecule has 0 aromatic carbocycles. The van der Waals surface area contributed by atoms with Crippen LogP contribution in [0, 0.1) is 5.92 Å². The number of rotatable bonds is 7. The molecule has 0 fully saturated rings. The van der Waals surface area contributed by atoms with Crippen LogP contribution in [0.25, 0.3) is 0 Å². The summed E-state index contributed by atoms with van der Waals surface area (Å²) in [6.07, 6.45) is 3.64. The van der Waals surface area contributed by atoms with Crippen molar-refractivity contribution in [1.29, 1.82) is 0 Å². The van der Waals surface area contributed by atoms with E-state index in [1.807, 2.05) is 0 Å². The van der Waals surface area contributed by atoms with Gasteiger partial charge in [-0.05, 0) is 25.3 Å². The smallest absolute Gasteiger partial charge is 0.318 e. The molecule has 17 heavy (non-hydrogen) atoms. The summed E-state index contributed by atoms with van der Waals surface area (Å²) in [6.45, 7) is 3.67. The summed E-state index contributed by atoms with van der Waals surface area (Å²) < 4.78 is 4.93. The molecular formula is C11H19ClN4O. The Morgan fingerprint density at radius 2 is 2.35 bits per heavy atom. The predicted molar refractivity (Wildman–Crippen MR) is 69.5 cm³/mol. The van der Waals surface area contributed by atoms with Gasteiger partial charge in [-0.1, -0.05) is 18.5 Å². The van der Waals surface area contributed by atoms with Crippen LogP contribution in [-0.4, -0.2) is 30.2 Å². The number of nitrogens with one attached hydrogen (secondary N) is 1. The van der Waals surface area contributed by atoms with Crippen molar-refractivity contribution < 1.29 is 4.74 Å². The van der Waals surface area contributed by atoms with Gasteiger partial charge < -0.3 is 15.8 Å². The van der Waals surface area contributed by atoms with Gasteiger partial charge in [0.1, 0.15) is 5.02 Å². The number of anilines is 1. The van der Waals surface area contributed by atoms with Crippen molar-refractivity contribution in [3.05, 3.63) is 11.2 Å². The highest BCUT2D eigenvalue weighted by molar-refractivity contribution is 6.32. The summed E-state index contributed by atoms with van der Waals surface area (Å²) in [5, 5.41) is 3.66. The zero-order valence-corrected chi connectivity index (χ0v) is 11.0. The van der Waals surface area contributed by atoms with Crippen molar-refractivity contribution in [2.75, 3.05) is 25.5 Å². The van der Waals surface area contributed by atoms with Crippen LogP contribution in [0.3, 0.4) is 0 Å². The minimum atomic E-state index is 0.312. The first-order valence-corrected chi connectivity index (χ1v) is 6.05. The van der Waals surface area contributed by atoms with Gasteiger partial charge in [0, 0.05) is 6.54 Å². The molecule has 1 aromatic rings. The normalized spacial score (nSPS) is 12.2. The van der Waals surface area contributed by atoms with Gasteiger partial charge in [-0.3, -0.25) is 0 Å². The van der Waals surface area contributed by atoms with Crippen LogP contribution in [0.15, 0.2) is 6.20 Å². The van der Waals surface area contributed by atoms with Crippen molar-refractivity contribution in [2.24, 2.45) is 11.7 Å². The number of aromatic nitrogens is 2. The SMILES string of the molecule is COc1ncc(Cl)c(NCCCC(C)CN)n1. The summed E-state index contributed by atoms with van der Waals surface area (Å²) in [5.74, 6) is 1.16. The average molecular weight is 259 g/mol. The van der Waals surface area contributed by atoms with Crippen LogP contribution in [0.1, 0.15) is 19.8 Å². The molecule has 96 valence electrons. The number of methoxy groups -OCH3 is 1. The first-order chi connectivity index (χ1) is 8.17. The zero-order valence-electron chi connectivity index (χ0n) is 10.2. The summed E-state index contributed by atoms with van der Waals surface area (Å²) in [7, 11) is 1.52. The van der Waals surface area contributed by atoms with E-state index in [1.165, 1.54) is 13.3 Å². The lowest BCUT2D eigenvalue weighted by Crippen LogP contribution is -2.13. The Morgan fingerprint density at radius 1 is 1.59 bits per heavy atom. The second-order valence-electron chi connectivity index (χ2n) is 3.96. The molecule has 0 aliphatic rings. The third-order valence-corrected chi connectivity index (χ3v) is 2.75. The number of nitrogens with two attached hydrogens (primary N) is 1. The van der Waals surface area contributed by atoms with E-state index in [4.69, 9.17) is 22.1 Å². The number of ether oxygens (including phenoxy) is 1. The van der Waals surface area contributed by atoms with Crippen LogP contribution in [0.2, 0.25) is 5.02 Å². The van der Waals surface area contributed by atoms with E-state index in [0.29, 0.717) is 22.8 Å². The molecule has 1 atom stereocenters. The highest BCUT2D eigenvalue weighted by Gasteiger charge is 2.05. The Bertz CT molecular complexity index is 348. The lowest BCUT2D eigenvalue weighted by atomic mass is 10.1. The summed E-state index contributed by atoms with van der Waals surface area (Å²) >= 11 is 5.96. The van der Waals surface area contributed by atoms with Crippen molar-refractivity contribution in [3.8, 4) is 6.01 Å². The maximum Gasteiger partial charge on any atom is 0.318 e. The van der Waals surface area contributed by atoms with Crippen molar-refractivity contribution in [3.63, 3.8) is 0 Å². The summed E-state index contributed by atoms with van der Waals surface area (Å²) in [6, 6.07) is 0.312.